The molecular formula is C14H24N2O2. The molecule has 1 saturated heterocycles. The first-order valence-corrected chi connectivity index (χ1v) is 6.86. The molecule has 1 aliphatic rings. The average Bonchev–Trinajstić information content (AvgIpc) is 2.63. The molecule has 0 radical (unpaired) electrons. The molecular weight excluding hydrogens is 228 g/mol. The Labute approximate surface area is 109 Å². The highest BCUT2D eigenvalue weighted by molar-refractivity contribution is 5.20. The Hall–Kier alpha value is -0.870. The van der Waals surface area contributed by atoms with Crippen LogP contribution in [0.1, 0.15) is 43.7 Å². The summed E-state index contributed by atoms with van der Waals surface area (Å²) in [5.74, 6) is 0.952. The molecule has 0 N–H and O–H groups in total. The smallest absolute Gasteiger partial charge is 0.138 e. The molecule has 2 rings (SSSR count). The molecule has 0 unspecified atom stereocenters. The molecule has 1 aliphatic heterocycles. The second-order valence-corrected chi connectivity index (χ2v) is 5.46. The van der Waals surface area contributed by atoms with Crippen molar-refractivity contribution in [3.05, 3.63) is 17.0 Å². The number of ether oxygens (including phenoxy) is 1. The van der Waals surface area contributed by atoms with E-state index in [2.05, 4.69) is 23.9 Å². The zero-order chi connectivity index (χ0) is 13.1. The second kappa shape index (κ2) is 5.85. The molecule has 0 bridgehead atoms. The van der Waals surface area contributed by atoms with Crippen LogP contribution in [0.15, 0.2) is 4.52 Å². The Kier molecular flexibility index (Phi) is 4.40. The standard InChI is InChI=1S/C14H24N2O2/c1-10(2)17-13-5-7-16(8-6-13)9-14-11(3)15-18-12(14)4/h10,13H,5-9H2,1-4H3. The lowest BCUT2D eigenvalue weighted by Crippen LogP contribution is -2.37. The molecule has 0 saturated carbocycles. The minimum atomic E-state index is 0.337. The fourth-order valence-corrected chi connectivity index (χ4v) is 2.54. The van der Waals surface area contributed by atoms with Gasteiger partial charge in [-0.05, 0) is 40.5 Å². The van der Waals surface area contributed by atoms with E-state index in [0.717, 1.165) is 43.9 Å². The van der Waals surface area contributed by atoms with E-state index in [4.69, 9.17) is 9.26 Å². The maximum absolute atomic E-state index is 5.86. The number of piperidine rings is 1. The summed E-state index contributed by atoms with van der Waals surface area (Å²) in [6, 6.07) is 0. The van der Waals surface area contributed by atoms with E-state index >= 15 is 0 Å². The summed E-state index contributed by atoms with van der Waals surface area (Å²) >= 11 is 0. The lowest BCUT2D eigenvalue weighted by atomic mass is 10.1. The van der Waals surface area contributed by atoms with Crippen LogP contribution >= 0.6 is 0 Å². The molecule has 1 fully saturated rings. The Morgan fingerprint density at radius 1 is 1.33 bits per heavy atom. The van der Waals surface area contributed by atoms with Gasteiger partial charge in [-0.25, -0.2) is 0 Å². The van der Waals surface area contributed by atoms with Crippen LogP contribution in [0.4, 0.5) is 0 Å². The van der Waals surface area contributed by atoms with Gasteiger partial charge in [-0.1, -0.05) is 5.16 Å². The maximum atomic E-state index is 5.86. The van der Waals surface area contributed by atoms with Crippen LogP contribution in [-0.4, -0.2) is 35.4 Å². The van der Waals surface area contributed by atoms with Crippen molar-refractivity contribution < 1.29 is 9.26 Å². The van der Waals surface area contributed by atoms with Crippen molar-refractivity contribution in [2.75, 3.05) is 13.1 Å². The van der Waals surface area contributed by atoms with Crippen LogP contribution in [0.2, 0.25) is 0 Å². The van der Waals surface area contributed by atoms with Crippen molar-refractivity contribution in [3.8, 4) is 0 Å². The molecule has 0 spiro atoms. The van der Waals surface area contributed by atoms with Gasteiger partial charge in [-0.3, -0.25) is 4.90 Å². The number of nitrogens with zero attached hydrogens (tertiary/aromatic N) is 2. The number of aromatic nitrogens is 1. The van der Waals surface area contributed by atoms with Gasteiger partial charge >= 0.3 is 0 Å². The fourth-order valence-electron chi connectivity index (χ4n) is 2.54. The summed E-state index contributed by atoms with van der Waals surface area (Å²) in [7, 11) is 0. The predicted molar refractivity (Wildman–Crippen MR) is 70.5 cm³/mol. The third-order valence-electron chi connectivity index (χ3n) is 3.56. The highest BCUT2D eigenvalue weighted by Crippen LogP contribution is 2.20. The quantitative estimate of drug-likeness (QED) is 0.826. The SMILES string of the molecule is Cc1noc(C)c1CN1CCC(OC(C)C)CC1. The van der Waals surface area contributed by atoms with Crippen molar-refractivity contribution >= 4 is 0 Å². The zero-order valence-corrected chi connectivity index (χ0v) is 11.9. The van der Waals surface area contributed by atoms with Crippen LogP contribution in [0.5, 0.6) is 0 Å². The third-order valence-corrected chi connectivity index (χ3v) is 3.56. The summed E-state index contributed by atoms with van der Waals surface area (Å²) in [4.78, 5) is 2.46. The minimum Gasteiger partial charge on any atom is -0.375 e. The van der Waals surface area contributed by atoms with Crippen molar-refractivity contribution in [1.29, 1.82) is 0 Å². The van der Waals surface area contributed by atoms with E-state index in [1.807, 2.05) is 13.8 Å². The first kappa shape index (κ1) is 13.6. The van der Waals surface area contributed by atoms with E-state index in [9.17, 15) is 0 Å². The highest BCUT2D eigenvalue weighted by atomic mass is 16.5. The summed E-state index contributed by atoms with van der Waals surface area (Å²) < 4.78 is 11.1. The van der Waals surface area contributed by atoms with Crippen molar-refractivity contribution in [1.82, 2.24) is 10.1 Å². The van der Waals surface area contributed by atoms with Crippen LogP contribution in [0.25, 0.3) is 0 Å². The van der Waals surface area contributed by atoms with Gasteiger partial charge in [-0.15, -0.1) is 0 Å². The van der Waals surface area contributed by atoms with E-state index in [0.29, 0.717) is 12.2 Å². The molecule has 4 nitrogen and oxygen atoms in total. The predicted octanol–water partition coefficient (Wildman–Crippen LogP) is 2.68. The van der Waals surface area contributed by atoms with E-state index < -0.39 is 0 Å². The molecule has 18 heavy (non-hydrogen) atoms. The van der Waals surface area contributed by atoms with E-state index in [-0.39, 0.29) is 0 Å². The molecule has 4 heteroatoms. The van der Waals surface area contributed by atoms with Gasteiger partial charge in [-0.2, -0.15) is 0 Å². The Bertz CT molecular complexity index is 360. The lowest BCUT2D eigenvalue weighted by Gasteiger charge is -2.32. The number of hydrogen-bond donors (Lipinski definition) is 0. The van der Waals surface area contributed by atoms with Crippen LogP contribution in [-0.2, 0) is 11.3 Å². The average molecular weight is 252 g/mol. The maximum Gasteiger partial charge on any atom is 0.138 e. The molecule has 2 heterocycles. The van der Waals surface area contributed by atoms with Gasteiger partial charge in [0.2, 0.25) is 0 Å². The number of hydrogen-bond acceptors (Lipinski definition) is 4. The van der Waals surface area contributed by atoms with Gasteiger partial charge in [0.15, 0.2) is 0 Å². The molecule has 0 aromatic carbocycles. The lowest BCUT2D eigenvalue weighted by molar-refractivity contribution is -0.0279. The monoisotopic (exact) mass is 252 g/mol. The highest BCUT2D eigenvalue weighted by Gasteiger charge is 2.22. The van der Waals surface area contributed by atoms with Gasteiger partial charge in [0, 0.05) is 25.2 Å². The molecule has 1 aromatic rings. The van der Waals surface area contributed by atoms with Crippen molar-refractivity contribution in [3.63, 3.8) is 0 Å². The largest absolute Gasteiger partial charge is 0.375 e. The summed E-state index contributed by atoms with van der Waals surface area (Å²) in [5, 5.41) is 4.01. The van der Waals surface area contributed by atoms with Crippen LogP contribution in [0, 0.1) is 13.8 Å². The van der Waals surface area contributed by atoms with Crippen LogP contribution in [0.3, 0.4) is 0 Å². The normalized spacial score (nSPS) is 18.7. The minimum absolute atomic E-state index is 0.337. The van der Waals surface area contributed by atoms with Gasteiger partial charge in [0.25, 0.3) is 0 Å². The van der Waals surface area contributed by atoms with E-state index in [1.54, 1.807) is 0 Å². The number of aryl methyl sites for hydroxylation is 2. The first-order chi connectivity index (χ1) is 8.56. The topological polar surface area (TPSA) is 38.5 Å². The molecule has 102 valence electrons. The third kappa shape index (κ3) is 3.33. The Morgan fingerprint density at radius 2 is 2.00 bits per heavy atom. The fraction of sp³-hybridized carbons (Fsp3) is 0.786. The van der Waals surface area contributed by atoms with E-state index in [1.165, 1.54) is 5.56 Å². The van der Waals surface area contributed by atoms with Crippen molar-refractivity contribution in [2.45, 2.75) is 59.3 Å². The van der Waals surface area contributed by atoms with Crippen LogP contribution < -0.4 is 0 Å². The molecule has 0 aliphatic carbocycles. The Morgan fingerprint density at radius 3 is 2.50 bits per heavy atom. The second-order valence-electron chi connectivity index (χ2n) is 5.46. The number of rotatable bonds is 4. The first-order valence-electron chi connectivity index (χ1n) is 6.86. The zero-order valence-electron chi connectivity index (χ0n) is 11.9. The number of likely N-dealkylation sites (tertiary alicyclic amines) is 1. The molecule has 0 atom stereocenters. The van der Waals surface area contributed by atoms with Gasteiger partial charge < -0.3 is 9.26 Å². The summed E-state index contributed by atoms with van der Waals surface area (Å²) in [6.45, 7) is 11.4. The van der Waals surface area contributed by atoms with Crippen molar-refractivity contribution in [2.24, 2.45) is 0 Å². The Balaban J connectivity index is 1.84. The molecule has 0 amide bonds. The van der Waals surface area contributed by atoms with Gasteiger partial charge in [0.05, 0.1) is 17.9 Å². The van der Waals surface area contributed by atoms with Gasteiger partial charge in [0.1, 0.15) is 5.76 Å². The summed E-state index contributed by atoms with van der Waals surface area (Å²) in [5.41, 5.74) is 2.27. The summed E-state index contributed by atoms with van der Waals surface area (Å²) in [6.07, 6.45) is 3.03. The molecule has 1 aromatic heterocycles.